The second kappa shape index (κ2) is 42.8. The third-order valence-electron chi connectivity index (χ3n) is 12.3. The molecule has 0 unspecified atom stereocenters. The number of rotatable bonds is 16. The number of hydrogen-bond acceptors (Lipinski definition) is 11. The molecule has 85 heavy (non-hydrogen) atoms. The van der Waals surface area contributed by atoms with E-state index in [0.717, 1.165) is 61.9 Å². The molecule has 1 aliphatic heterocycles. The molecule has 0 saturated carbocycles. The van der Waals surface area contributed by atoms with Crippen molar-refractivity contribution in [3.05, 3.63) is 270 Å². The number of benzene rings is 8. The van der Waals surface area contributed by atoms with Crippen molar-refractivity contribution in [3.63, 3.8) is 0 Å². The molecule has 0 bridgehead atoms. The van der Waals surface area contributed by atoms with Gasteiger partial charge in [-0.1, -0.05) is 173 Å². The molecule has 13 heteroatoms. The van der Waals surface area contributed by atoms with Gasteiger partial charge in [0.05, 0.1) is 35.5 Å². The smallest absolute Gasteiger partial charge is 1.00 e. The molecule has 8 aromatic carbocycles. The molecule has 0 aliphatic carbocycles. The first-order chi connectivity index (χ1) is 39.0. The third-order valence-corrected chi connectivity index (χ3v) is 12.3. The second-order valence-electron chi connectivity index (χ2n) is 19.9. The van der Waals surface area contributed by atoms with Gasteiger partial charge in [0.1, 0.15) is 0 Å². The summed E-state index contributed by atoms with van der Waals surface area (Å²) in [5.74, 6) is -0.612. The van der Waals surface area contributed by atoms with Crippen LogP contribution in [-0.4, -0.2) is 71.6 Å². The summed E-state index contributed by atoms with van der Waals surface area (Å²) in [7, 11) is 0. The van der Waals surface area contributed by atoms with Crippen LogP contribution in [0, 0.1) is 6.92 Å². The van der Waals surface area contributed by atoms with Crippen molar-refractivity contribution in [1.82, 2.24) is 0 Å². The molecule has 452 valence electrons. The topological polar surface area (TPSA) is 161 Å². The summed E-state index contributed by atoms with van der Waals surface area (Å²) in [5.41, 5.74) is 20.6. The van der Waals surface area contributed by atoms with E-state index >= 15 is 0 Å². The molecule has 9 rings (SSSR count). The Hall–Kier alpha value is -6.97. The van der Waals surface area contributed by atoms with Gasteiger partial charge in [0.25, 0.3) is 0 Å². The molecule has 0 aromatic heterocycles. The van der Waals surface area contributed by atoms with Crippen LogP contribution in [0.3, 0.4) is 0 Å². The Bertz CT molecular complexity index is 2920. The van der Waals surface area contributed by atoms with Crippen LogP contribution in [0.15, 0.2) is 218 Å². The molecular weight excluding hydrogens is 1140 g/mol. The number of nitrogen functional groups attached to an aromatic ring is 2. The number of nitrogens with two attached hydrogens (primary N) is 2. The Morgan fingerprint density at radius 1 is 0.471 bits per heavy atom. The first-order valence-corrected chi connectivity index (χ1v) is 27.7. The van der Waals surface area contributed by atoms with E-state index in [0.29, 0.717) is 35.7 Å². The fraction of sp³-hybridized carbons (Fsp3) is 0.292. The quantitative estimate of drug-likeness (QED) is 0.0315. The minimum absolute atomic E-state index is 0. The van der Waals surface area contributed by atoms with Crippen molar-refractivity contribution < 1.29 is 51.0 Å². The first-order valence-electron chi connectivity index (χ1n) is 27.7. The van der Waals surface area contributed by atoms with E-state index in [1.807, 2.05) is 112 Å². The zero-order chi connectivity index (χ0) is 58.9. The van der Waals surface area contributed by atoms with E-state index < -0.39 is 11.2 Å². The zero-order valence-corrected chi connectivity index (χ0v) is 52.6. The molecule has 0 amide bonds. The van der Waals surface area contributed by atoms with Gasteiger partial charge in [-0.05, 0) is 148 Å². The van der Waals surface area contributed by atoms with Gasteiger partial charge in [0.2, 0.25) is 0 Å². The van der Waals surface area contributed by atoms with E-state index in [9.17, 15) is 19.8 Å². The van der Waals surface area contributed by atoms with Crippen LogP contribution in [0.25, 0.3) is 0 Å². The summed E-state index contributed by atoms with van der Waals surface area (Å²) < 4.78 is 14.9. The van der Waals surface area contributed by atoms with Crippen molar-refractivity contribution in [3.8, 4) is 0 Å². The zero-order valence-electron chi connectivity index (χ0n) is 49.6. The number of esters is 2. The predicted octanol–water partition coefficient (Wildman–Crippen LogP) is 12.7. The van der Waals surface area contributed by atoms with Crippen molar-refractivity contribution in [2.45, 2.75) is 114 Å². The molecule has 11 nitrogen and oxygen atoms in total. The van der Waals surface area contributed by atoms with Gasteiger partial charge in [0, 0.05) is 62.1 Å². The van der Waals surface area contributed by atoms with Gasteiger partial charge in [-0.3, -0.25) is 0 Å². The minimum atomic E-state index is -0.846. The number of hydrogen-bond donors (Lipinski definition) is 4. The SMILES string of the molecule is C.C.C1CCOC1.CC(C)(O)c1cccc(N(Cc2ccccc2)Cc2ccccc2)c1.CC(C)(O)c1cccc(N)c1.CCOC(=O)c1cccc(N(Cc2ccccc2)Cc2ccccc2)c1.CCOC(=O)c1cccc(N)c1.[Br-].[CH2-]C.[Mg+2]. The molecule has 1 fully saturated rings. The third kappa shape index (κ3) is 30.1. The van der Waals surface area contributed by atoms with E-state index in [1.54, 1.807) is 70.2 Å². The average Bonchev–Trinajstić information content (AvgIpc) is 4.18. The van der Waals surface area contributed by atoms with Gasteiger partial charge >= 0.3 is 35.0 Å². The molecule has 1 aliphatic rings. The Labute approximate surface area is 536 Å². The van der Waals surface area contributed by atoms with E-state index in [4.69, 9.17) is 25.7 Å². The second-order valence-corrected chi connectivity index (χ2v) is 19.9. The number of ether oxygens (including phenoxy) is 3. The summed E-state index contributed by atoms with van der Waals surface area (Å²) in [6, 6.07) is 71.5. The summed E-state index contributed by atoms with van der Waals surface area (Å²) in [6.45, 7) is 21.6. The molecule has 0 atom stereocenters. The maximum absolute atomic E-state index is 12.1. The number of nitrogens with zero attached hydrogens (tertiary/aromatic N) is 2. The standard InChI is InChI=1S/C23H23NO2.C23H25NO.C9H11NO2.C9H13NO.C4H8O.C2H5.2CH4.BrH.Mg/c1-2-26-23(25)21-14-9-15-22(16-21)24(17-19-10-5-3-6-11-19)18-20-12-7-4-8-13-20;1-23(2,25)21-14-9-15-22(16-21)24(17-19-10-5-3-6-11-19)18-20-12-7-4-8-13-20;1-2-12-9(11)7-4-3-5-8(10)6-7;1-9(2,11)7-4-3-5-8(10)6-7;1-2-4-5-3-1;1-2;;;;/h3-16H,2,17-18H2,1H3;3-16,25H,17-18H2,1-2H3;3-6H,2,10H2,1H3;3-6,11H,10H2,1-2H3;1-4H2;1H2,2H3;2*1H4;1H;/q;;;;;-1;;;;+2/p-1. The van der Waals surface area contributed by atoms with Crippen molar-refractivity contribution >= 4 is 57.7 Å². The summed E-state index contributed by atoms with van der Waals surface area (Å²) >= 11 is 0. The maximum atomic E-state index is 12.1. The molecule has 6 N–H and O–H groups in total. The monoisotopic (exact) mass is 1230 g/mol. The number of anilines is 4. The number of aliphatic hydroxyl groups is 2. The Balaban J connectivity index is 0.00000110. The van der Waals surface area contributed by atoms with Gasteiger partial charge in [0.15, 0.2) is 0 Å². The molecule has 0 spiro atoms. The van der Waals surface area contributed by atoms with E-state index in [2.05, 4.69) is 102 Å². The van der Waals surface area contributed by atoms with Gasteiger partial charge < -0.3 is 69.6 Å². The maximum Gasteiger partial charge on any atom is 2.00 e. The first kappa shape index (κ1) is 78.0. The summed E-state index contributed by atoms with van der Waals surface area (Å²) in [6.07, 6.45) is 2.56. The van der Waals surface area contributed by atoms with Crippen molar-refractivity contribution in [2.24, 2.45) is 0 Å². The fourth-order valence-electron chi connectivity index (χ4n) is 8.13. The van der Waals surface area contributed by atoms with Crippen LogP contribution in [0.2, 0.25) is 0 Å². The van der Waals surface area contributed by atoms with Gasteiger partial charge in [-0.2, -0.15) is 6.92 Å². The Morgan fingerprint density at radius 3 is 1.08 bits per heavy atom. The van der Waals surface area contributed by atoms with Crippen LogP contribution in [0.1, 0.15) is 130 Å². The average molecular weight is 1230 g/mol. The Morgan fingerprint density at radius 2 is 0.776 bits per heavy atom. The van der Waals surface area contributed by atoms with E-state index in [1.165, 1.54) is 35.1 Å². The summed E-state index contributed by atoms with van der Waals surface area (Å²) in [4.78, 5) is 27.8. The number of halogens is 1. The molecular formula is C72H93BrMgN4O7. The number of carbonyl (C=O) groups excluding carboxylic acids is 2. The molecule has 1 heterocycles. The molecule has 8 aromatic rings. The Kier molecular flexibility index (Phi) is 39.3. The van der Waals surface area contributed by atoms with Crippen LogP contribution < -0.4 is 38.2 Å². The van der Waals surface area contributed by atoms with Gasteiger partial charge in [-0.25, -0.2) is 9.59 Å². The minimum Gasteiger partial charge on any atom is -1.00 e. The van der Waals surface area contributed by atoms with Crippen molar-refractivity contribution in [1.29, 1.82) is 0 Å². The summed E-state index contributed by atoms with van der Waals surface area (Å²) in [5, 5.41) is 19.9. The van der Waals surface area contributed by atoms with Crippen LogP contribution in [0.4, 0.5) is 22.7 Å². The normalized spacial score (nSPS) is 10.8. The fourth-order valence-corrected chi connectivity index (χ4v) is 8.13. The van der Waals surface area contributed by atoms with Crippen LogP contribution >= 0.6 is 0 Å². The van der Waals surface area contributed by atoms with Crippen LogP contribution in [-0.2, 0) is 51.6 Å². The number of carbonyl (C=O) groups is 2. The van der Waals surface area contributed by atoms with Gasteiger partial charge in [-0.15, -0.1) is 0 Å². The van der Waals surface area contributed by atoms with E-state index in [-0.39, 0.29) is 66.8 Å². The predicted molar refractivity (Wildman–Crippen MR) is 353 cm³/mol. The largest absolute Gasteiger partial charge is 2.00 e. The molecule has 0 radical (unpaired) electrons. The molecule has 1 saturated heterocycles. The van der Waals surface area contributed by atoms with Crippen LogP contribution in [0.5, 0.6) is 0 Å². The van der Waals surface area contributed by atoms with Crippen molar-refractivity contribution in [2.75, 3.05) is 47.7 Å².